The van der Waals surface area contributed by atoms with E-state index in [1.54, 1.807) is 0 Å². The van der Waals surface area contributed by atoms with Gasteiger partial charge in [0.2, 0.25) is 0 Å². The smallest absolute Gasteiger partial charge is 0.110 e. The van der Waals surface area contributed by atoms with Crippen LogP contribution in [0.5, 0.6) is 0 Å². The van der Waals surface area contributed by atoms with Crippen LogP contribution >= 0.6 is 0 Å². The van der Waals surface area contributed by atoms with Crippen molar-refractivity contribution in [2.45, 2.75) is 6.85 Å². The lowest BCUT2D eigenvalue weighted by molar-refractivity contribution is 0.977. The number of aromatic nitrogens is 2. The summed E-state index contributed by atoms with van der Waals surface area (Å²) in [5, 5.41) is 0. The number of nitrogen functional groups attached to an aromatic ring is 1. The van der Waals surface area contributed by atoms with Gasteiger partial charge in [-0.1, -0.05) is 12.1 Å². The lowest BCUT2D eigenvalue weighted by Gasteiger charge is -2.07. The molecule has 1 aromatic carbocycles. The maximum atomic E-state index is 7.87. The van der Waals surface area contributed by atoms with E-state index >= 15 is 0 Å². The summed E-state index contributed by atoms with van der Waals surface area (Å²) >= 11 is 0. The molecule has 0 aliphatic carbocycles. The Morgan fingerprint density at radius 2 is 2.38 bits per heavy atom. The molecule has 2 aromatic rings. The molecule has 0 unspecified atom stereocenters. The second-order valence-corrected chi connectivity index (χ2v) is 2.26. The molecular weight excluding hydrogens is 162 g/mol. The van der Waals surface area contributed by atoms with Gasteiger partial charge in [-0.15, -0.1) is 0 Å². The van der Waals surface area contributed by atoms with Gasteiger partial charge in [-0.3, -0.25) is 0 Å². The minimum Gasteiger partial charge on any atom is -0.397 e. The van der Waals surface area contributed by atoms with Crippen LogP contribution in [-0.4, -0.2) is 9.55 Å². The number of hydrogen-bond acceptors (Lipinski definition) is 2. The van der Waals surface area contributed by atoms with Gasteiger partial charge in [0.15, 0.2) is 0 Å². The van der Waals surface area contributed by atoms with Crippen molar-refractivity contribution >= 4 is 5.69 Å². The van der Waals surface area contributed by atoms with Crippen molar-refractivity contribution in [2.24, 2.45) is 0 Å². The Morgan fingerprint density at radius 1 is 1.54 bits per heavy atom. The van der Waals surface area contributed by atoms with Crippen molar-refractivity contribution < 1.29 is 12.3 Å². The van der Waals surface area contributed by atoms with E-state index in [1.165, 1.54) is 0 Å². The highest BCUT2D eigenvalue weighted by Gasteiger charge is 2.02. The summed E-state index contributed by atoms with van der Waals surface area (Å²) < 4.78 is 68.9. The fraction of sp³-hybridized carbons (Fsp3) is 0.100. The van der Waals surface area contributed by atoms with Crippen molar-refractivity contribution in [3.63, 3.8) is 0 Å². The van der Waals surface area contributed by atoms with Crippen molar-refractivity contribution in [3.05, 3.63) is 42.3 Å². The van der Waals surface area contributed by atoms with E-state index in [0.29, 0.717) is 4.57 Å². The van der Waals surface area contributed by atoms with Gasteiger partial charge in [-0.05, 0) is 18.9 Å². The standard InChI is InChI=1S/C10H11N3/c1-8-12-6-7-13(8)10-5-3-2-4-9(10)11/h2-7H,11H2,1H3/i1D3,2D,3D,4D,5D,6D,7D. The van der Waals surface area contributed by atoms with Crippen LogP contribution in [0.4, 0.5) is 5.69 Å². The first-order valence-corrected chi connectivity index (χ1v) is 3.41. The predicted molar refractivity (Wildman–Crippen MR) is 52.7 cm³/mol. The average Bonchev–Trinajstić information content (AvgIpc) is 2.72. The van der Waals surface area contributed by atoms with Crippen LogP contribution in [0.1, 0.15) is 18.2 Å². The van der Waals surface area contributed by atoms with Crippen LogP contribution in [0.15, 0.2) is 36.5 Å². The van der Waals surface area contributed by atoms with E-state index in [-0.39, 0.29) is 0 Å². The molecule has 66 valence electrons. The highest BCUT2D eigenvalue weighted by molar-refractivity contribution is 5.57. The maximum Gasteiger partial charge on any atom is 0.110 e. The molecule has 0 spiro atoms. The van der Waals surface area contributed by atoms with Gasteiger partial charge >= 0.3 is 0 Å². The highest BCUT2D eigenvalue weighted by atomic mass is 15.1. The largest absolute Gasteiger partial charge is 0.397 e. The molecule has 0 aliphatic heterocycles. The average molecular weight is 182 g/mol. The van der Waals surface area contributed by atoms with Crippen molar-refractivity contribution in [1.29, 1.82) is 0 Å². The number of nitrogens with two attached hydrogens (primary N) is 1. The first-order valence-electron chi connectivity index (χ1n) is 7.91. The molecule has 2 N–H and O–H groups in total. The fourth-order valence-corrected chi connectivity index (χ4v) is 0.885. The monoisotopic (exact) mass is 182 g/mol. The van der Waals surface area contributed by atoms with E-state index in [2.05, 4.69) is 4.98 Å². The fourth-order valence-electron chi connectivity index (χ4n) is 0.885. The highest BCUT2D eigenvalue weighted by Crippen LogP contribution is 2.17. The summed E-state index contributed by atoms with van der Waals surface area (Å²) in [6, 6.07) is -2.34. The van der Waals surface area contributed by atoms with Crippen molar-refractivity contribution in [1.82, 2.24) is 9.55 Å². The SMILES string of the molecule is [2H]c1nc(C([2H])([2H])[2H])n(-c2c([2H])c([2H])c([2H])c([2H])c2N)c1[2H]. The molecule has 3 nitrogen and oxygen atoms in total. The van der Waals surface area contributed by atoms with E-state index in [4.69, 9.17) is 18.1 Å². The second kappa shape index (κ2) is 2.94. The maximum absolute atomic E-state index is 7.87. The lowest BCUT2D eigenvalue weighted by atomic mass is 10.2. The van der Waals surface area contributed by atoms with Crippen LogP contribution in [0, 0.1) is 6.85 Å². The lowest BCUT2D eigenvalue weighted by Crippen LogP contribution is -1.99. The number of rotatable bonds is 1. The summed E-state index contributed by atoms with van der Waals surface area (Å²) in [5.74, 6) is -0.653. The minimum atomic E-state index is -2.78. The number of aryl methyl sites for hydroxylation is 1. The molecule has 2 rings (SSSR count). The van der Waals surface area contributed by atoms with Crippen LogP contribution in [-0.2, 0) is 0 Å². The summed E-state index contributed by atoms with van der Waals surface area (Å²) in [4.78, 5) is 3.49. The first-order chi connectivity index (χ1) is 9.98. The number of anilines is 1. The molecule has 0 amide bonds. The molecular formula is C10H11N3. The van der Waals surface area contributed by atoms with Gasteiger partial charge in [-0.25, -0.2) is 4.98 Å². The van der Waals surface area contributed by atoms with Gasteiger partial charge in [0, 0.05) is 16.5 Å². The Kier molecular flexibility index (Phi) is 0.589. The Labute approximate surface area is 89.5 Å². The van der Waals surface area contributed by atoms with Crippen LogP contribution in [0.25, 0.3) is 5.69 Å². The third kappa shape index (κ3) is 1.28. The van der Waals surface area contributed by atoms with E-state index in [9.17, 15) is 0 Å². The predicted octanol–water partition coefficient (Wildman–Crippen LogP) is 1.76. The van der Waals surface area contributed by atoms with Gasteiger partial charge in [0.25, 0.3) is 0 Å². The third-order valence-corrected chi connectivity index (χ3v) is 1.45. The van der Waals surface area contributed by atoms with Crippen LogP contribution in [0.2, 0.25) is 0 Å². The third-order valence-electron chi connectivity index (χ3n) is 1.45. The number of nitrogens with zero attached hydrogens (tertiary/aromatic N) is 2. The summed E-state index contributed by atoms with van der Waals surface area (Å²) in [5.41, 5.74) is 4.88. The molecule has 0 saturated heterocycles. The zero-order valence-corrected chi connectivity index (χ0v) is 6.47. The second-order valence-electron chi connectivity index (χ2n) is 2.26. The molecule has 0 bridgehead atoms. The van der Waals surface area contributed by atoms with E-state index in [0.717, 1.165) is 0 Å². The Hall–Kier alpha value is -1.77. The minimum absolute atomic E-state index is 0.395. The zero-order valence-electron chi connectivity index (χ0n) is 15.5. The molecule has 0 fully saturated rings. The molecule has 1 aromatic heterocycles. The molecule has 3 heteroatoms. The molecule has 0 radical (unpaired) electrons. The number of para-hydroxylation sites is 2. The van der Waals surface area contributed by atoms with E-state index < -0.39 is 60.6 Å². The summed E-state index contributed by atoms with van der Waals surface area (Å²) in [6.45, 7) is -2.78. The Balaban J connectivity index is 2.96. The van der Waals surface area contributed by atoms with Gasteiger partial charge in [0.1, 0.15) is 5.82 Å². The summed E-state index contributed by atoms with van der Waals surface area (Å²) in [7, 11) is 0. The van der Waals surface area contributed by atoms with Crippen molar-refractivity contribution in [2.75, 3.05) is 5.73 Å². The molecule has 0 atom stereocenters. The van der Waals surface area contributed by atoms with Gasteiger partial charge in [0.05, 0.1) is 19.6 Å². The number of benzene rings is 1. The topological polar surface area (TPSA) is 43.8 Å². The van der Waals surface area contributed by atoms with Crippen LogP contribution in [0.3, 0.4) is 0 Å². The van der Waals surface area contributed by atoms with Gasteiger partial charge < -0.3 is 10.3 Å². The summed E-state index contributed by atoms with van der Waals surface area (Å²) in [6.07, 6.45) is -1.25. The molecule has 0 saturated carbocycles. The Morgan fingerprint density at radius 3 is 3.23 bits per heavy atom. The van der Waals surface area contributed by atoms with Gasteiger partial charge in [-0.2, -0.15) is 0 Å². The quantitative estimate of drug-likeness (QED) is 0.683. The molecule has 0 aliphatic rings. The zero-order chi connectivity index (χ0) is 17.0. The van der Waals surface area contributed by atoms with E-state index in [1.807, 2.05) is 0 Å². The molecule has 13 heavy (non-hydrogen) atoms. The normalized spacial score (nSPS) is 21.1. The van der Waals surface area contributed by atoms with Crippen molar-refractivity contribution in [3.8, 4) is 5.69 Å². The number of hydrogen-bond donors (Lipinski definition) is 1. The number of imidazole rings is 1. The molecule has 1 heterocycles. The van der Waals surface area contributed by atoms with Crippen LogP contribution < -0.4 is 5.73 Å². The Bertz CT molecular complexity index is 733. The first kappa shape index (κ1) is 2.61.